The number of fused-ring (bicyclic) bond motifs is 3. The first-order valence-electron chi connectivity index (χ1n) is 10.8. The number of ether oxygens (including phenoxy) is 2. The molecular formula is C24H26N2O7. The summed E-state index contributed by atoms with van der Waals surface area (Å²) in [6, 6.07) is 15.4. The van der Waals surface area contributed by atoms with Gasteiger partial charge in [0.25, 0.3) is 5.91 Å². The average molecular weight is 454 g/mol. The number of amides is 2. The quantitative estimate of drug-likeness (QED) is 0.553. The number of carbonyl (C=O) groups excluding carboxylic acids is 2. The number of hydrogen-bond donors (Lipinski definition) is 3. The number of nitrogens with one attached hydrogen (secondary N) is 1. The maximum atomic E-state index is 12.7. The Morgan fingerprint density at radius 3 is 2.30 bits per heavy atom. The van der Waals surface area contributed by atoms with Crippen molar-refractivity contribution in [3.8, 4) is 11.1 Å². The number of aliphatic carboxylic acids is 1. The van der Waals surface area contributed by atoms with E-state index < -0.39 is 36.7 Å². The number of carboxylic acid groups (broad SMARTS) is 1. The largest absolute Gasteiger partial charge is 0.480 e. The fourth-order valence-electron chi connectivity index (χ4n) is 4.50. The number of benzene rings is 2. The molecule has 0 bridgehead atoms. The minimum absolute atomic E-state index is 0.0870. The number of alkyl carbamates (subject to hydrolysis) is 1. The Morgan fingerprint density at radius 1 is 1.06 bits per heavy atom. The second-order valence-electron chi connectivity index (χ2n) is 8.03. The van der Waals surface area contributed by atoms with Gasteiger partial charge in [-0.15, -0.1) is 0 Å². The molecule has 2 atom stereocenters. The number of aliphatic hydroxyl groups excluding tert-OH is 1. The highest BCUT2D eigenvalue weighted by atomic mass is 16.6. The minimum atomic E-state index is -1.20. The van der Waals surface area contributed by atoms with Gasteiger partial charge < -0.3 is 29.9 Å². The molecule has 174 valence electrons. The summed E-state index contributed by atoms with van der Waals surface area (Å²) in [7, 11) is 0. The fraction of sp³-hybridized carbons (Fsp3) is 0.375. The third-order valence-corrected chi connectivity index (χ3v) is 5.99. The molecular weight excluding hydrogens is 428 g/mol. The molecule has 0 saturated carbocycles. The number of aliphatic hydroxyl groups is 1. The van der Waals surface area contributed by atoms with Crippen LogP contribution in [0.2, 0.25) is 0 Å². The summed E-state index contributed by atoms with van der Waals surface area (Å²) in [6.07, 6.45) is -1.31. The smallest absolute Gasteiger partial charge is 0.407 e. The van der Waals surface area contributed by atoms with Gasteiger partial charge in [0.05, 0.1) is 12.6 Å². The lowest BCUT2D eigenvalue weighted by Gasteiger charge is -2.26. The molecule has 0 radical (unpaired) electrons. The van der Waals surface area contributed by atoms with Crippen LogP contribution >= 0.6 is 0 Å². The predicted octanol–water partition coefficient (Wildman–Crippen LogP) is 1.59. The van der Waals surface area contributed by atoms with Crippen molar-refractivity contribution >= 4 is 18.0 Å². The van der Waals surface area contributed by atoms with Crippen molar-refractivity contribution in [3.05, 3.63) is 59.7 Å². The van der Waals surface area contributed by atoms with E-state index in [9.17, 15) is 14.4 Å². The van der Waals surface area contributed by atoms with Crippen LogP contribution in [0.5, 0.6) is 0 Å². The second kappa shape index (κ2) is 10.0. The third-order valence-electron chi connectivity index (χ3n) is 5.99. The third kappa shape index (κ3) is 4.84. The van der Waals surface area contributed by atoms with E-state index in [1.165, 1.54) is 0 Å². The molecule has 2 aliphatic rings. The predicted molar refractivity (Wildman–Crippen MR) is 118 cm³/mol. The topological polar surface area (TPSA) is 125 Å². The Kier molecular flexibility index (Phi) is 6.90. The van der Waals surface area contributed by atoms with Gasteiger partial charge in [-0.25, -0.2) is 4.79 Å². The minimum Gasteiger partial charge on any atom is -0.480 e. The molecule has 4 rings (SSSR count). The summed E-state index contributed by atoms with van der Waals surface area (Å²) in [4.78, 5) is 37.4. The molecule has 2 amide bonds. The van der Waals surface area contributed by atoms with Gasteiger partial charge in [0.1, 0.15) is 13.2 Å². The van der Waals surface area contributed by atoms with E-state index in [-0.39, 0.29) is 32.3 Å². The van der Waals surface area contributed by atoms with Crippen molar-refractivity contribution in [2.24, 2.45) is 0 Å². The normalized spacial score (nSPS) is 18.9. The lowest BCUT2D eigenvalue weighted by atomic mass is 9.98. The van der Waals surface area contributed by atoms with Crippen LogP contribution in [0.4, 0.5) is 4.79 Å². The van der Waals surface area contributed by atoms with Gasteiger partial charge in [0, 0.05) is 19.1 Å². The number of carbonyl (C=O) groups is 3. The number of hydrogen-bond acceptors (Lipinski definition) is 6. The molecule has 33 heavy (non-hydrogen) atoms. The molecule has 2 aromatic rings. The van der Waals surface area contributed by atoms with Crippen LogP contribution in [0.25, 0.3) is 11.1 Å². The zero-order valence-corrected chi connectivity index (χ0v) is 18.0. The Hall–Kier alpha value is -3.43. The van der Waals surface area contributed by atoms with Gasteiger partial charge >= 0.3 is 12.1 Å². The molecule has 0 aromatic heterocycles. The van der Waals surface area contributed by atoms with Crippen LogP contribution in [0.15, 0.2) is 48.5 Å². The van der Waals surface area contributed by atoms with Crippen LogP contribution in [0.1, 0.15) is 23.5 Å². The standard InChI is InChI=1S/C24H26N2O7/c27-11-10-26(13-21(28)29)23(30)22-20(9-12-32-22)25-24(31)33-14-19-17-7-3-1-5-15(17)16-6-2-4-8-18(16)19/h1-8,19-20,22,27H,9-14H2,(H,25,31)(H,28,29). The Bertz CT molecular complexity index is 995. The molecule has 9 heteroatoms. The van der Waals surface area contributed by atoms with Crippen LogP contribution < -0.4 is 5.32 Å². The first kappa shape index (κ1) is 22.8. The van der Waals surface area contributed by atoms with Crippen molar-refractivity contribution in [1.82, 2.24) is 10.2 Å². The highest BCUT2D eigenvalue weighted by Crippen LogP contribution is 2.44. The van der Waals surface area contributed by atoms with Crippen molar-refractivity contribution < 1.29 is 34.1 Å². The number of carboxylic acids is 1. The SMILES string of the molecule is O=C(O)CN(CCO)C(=O)C1OCCC1NC(=O)OCC1c2ccccc2-c2ccccc21. The Balaban J connectivity index is 1.39. The maximum Gasteiger partial charge on any atom is 0.407 e. The van der Waals surface area contributed by atoms with Crippen LogP contribution in [0, 0.1) is 0 Å². The summed E-state index contributed by atoms with van der Waals surface area (Å²) in [5.41, 5.74) is 4.44. The van der Waals surface area contributed by atoms with Gasteiger partial charge in [-0.2, -0.15) is 0 Å². The zero-order valence-electron chi connectivity index (χ0n) is 18.0. The number of nitrogens with zero attached hydrogens (tertiary/aromatic N) is 1. The maximum absolute atomic E-state index is 12.7. The molecule has 2 unspecified atom stereocenters. The van der Waals surface area contributed by atoms with Crippen LogP contribution in [-0.2, 0) is 19.1 Å². The van der Waals surface area contributed by atoms with Gasteiger partial charge in [-0.3, -0.25) is 9.59 Å². The summed E-state index contributed by atoms with van der Waals surface area (Å²) < 4.78 is 11.0. The van der Waals surface area contributed by atoms with Crippen molar-refractivity contribution in [1.29, 1.82) is 0 Å². The van der Waals surface area contributed by atoms with E-state index in [1.807, 2.05) is 36.4 Å². The van der Waals surface area contributed by atoms with Crippen molar-refractivity contribution in [2.75, 3.05) is 32.9 Å². The molecule has 3 N–H and O–H groups in total. The van der Waals surface area contributed by atoms with E-state index in [1.54, 1.807) is 0 Å². The molecule has 1 aliphatic heterocycles. The molecule has 1 fully saturated rings. The molecule has 1 saturated heterocycles. The summed E-state index contributed by atoms with van der Waals surface area (Å²) in [6.45, 7) is -0.692. The Morgan fingerprint density at radius 2 is 1.70 bits per heavy atom. The fourth-order valence-corrected chi connectivity index (χ4v) is 4.50. The average Bonchev–Trinajstić information content (AvgIpc) is 3.39. The highest BCUT2D eigenvalue weighted by Gasteiger charge is 2.39. The summed E-state index contributed by atoms with van der Waals surface area (Å²) in [5.74, 6) is -1.88. The molecule has 0 spiro atoms. The summed E-state index contributed by atoms with van der Waals surface area (Å²) in [5, 5.41) is 20.9. The van der Waals surface area contributed by atoms with Gasteiger partial charge in [-0.05, 0) is 28.7 Å². The second-order valence-corrected chi connectivity index (χ2v) is 8.03. The number of rotatable bonds is 8. The van der Waals surface area contributed by atoms with Gasteiger partial charge in [0.15, 0.2) is 6.10 Å². The first-order chi connectivity index (χ1) is 16.0. The van der Waals surface area contributed by atoms with E-state index in [4.69, 9.17) is 19.7 Å². The highest BCUT2D eigenvalue weighted by molar-refractivity contribution is 5.86. The molecule has 2 aromatic carbocycles. The van der Waals surface area contributed by atoms with Gasteiger partial charge in [0.2, 0.25) is 0 Å². The van der Waals surface area contributed by atoms with Crippen molar-refractivity contribution in [3.63, 3.8) is 0 Å². The van der Waals surface area contributed by atoms with Crippen LogP contribution in [0.3, 0.4) is 0 Å². The molecule has 1 aliphatic carbocycles. The first-order valence-corrected chi connectivity index (χ1v) is 10.8. The molecule has 9 nitrogen and oxygen atoms in total. The van der Waals surface area contributed by atoms with Crippen molar-refractivity contribution in [2.45, 2.75) is 24.5 Å². The Labute approximate surface area is 190 Å². The zero-order chi connectivity index (χ0) is 23.4. The lowest BCUT2D eigenvalue weighted by molar-refractivity contribution is -0.150. The van der Waals surface area contributed by atoms with E-state index in [0.29, 0.717) is 6.42 Å². The van der Waals surface area contributed by atoms with Crippen LogP contribution in [-0.4, -0.2) is 78.1 Å². The lowest BCUT2D eigenvalue weighted by Crippen LogP contribution is -2.51. The van der Waals surface area contributed by atoms with Gasteiger partial charge in [-0.1, -0.05) is 48.5 Å². The monoisotopic (exact) mass is 454 g/mol. The molecule has 1 heterocycles. The van der Waals surface area contributed by atoms with E-state index >= 15 is 0 Å². The van der Waals surface area contributed by atoms with E-state index in [2.05, 4.69) is 17.4 Å². The summed E-state index contributed by atoms with van der Waals surface area (Å²) >= 11 is 0. The van der Waals surface area contributed by atoms with E-state index in [0.717, 1.165) is 27.2 Å².